The summed E-state index contributed by atoms with van der Waals surface area (Å²) < 4.78 is 5.44. The van der Waals surface area contributed by atoms with Crippen molar-refractivity contribution in [1.29, 1.82) is 0 Å². The van der Waals surface area contributed by atoms with Crippen LogP contribution < -0.4 is 10.6 Å². The van der Waals surface area contributed by atoms with Gasteiger partial charge in [-0.15, -0.1) is 6.58 Å². The van der Waals surface area contributed by atoms with Gasteiger partial charge in [0, 0.05) is 19.7 Å². The van der Waals surface area contributed by atoms with Gasteiger partial charge in [-0.1, -0.05) is 12.1 Å². The van der Waals surface area contributed by atoms with Crippen molar-refractivity contribution in [3.8, 4) is 0 Å². The highest BCUT2D eigenvalue weighted by Crippen LogP contribution is 2.10. The molecule has 0 aliphatic carbocycles. The SMILES string of the molecule is C=CCNC(=O)c1cccc(C(=O)NCC2CCCO2)n1. The molecule has 1 atom stereocenters. The van der Waals surface area contributed by atoms with E-state index in [9.17, 15) is 9.59 Å². The molecule has 2 heterocycles. The number of nitrogens with zero attached hydrogens (tertiary/aromatic N) is 1. The van der Waals surface area contributed by atoms with Gasteiger partial charge in [-0.3, -0.25) is 9.59 Å². The predicted molar refractivity (Wildman–Crippen MR) is 78.1 cm³/mol. The molecule has 112 valence electrons. The number of aromatic nitrogens is 1. The number of carbonyl (C=O) groups is 2. The first-order valence-electron chi connectivity index (χ1n) is 6.96. The van der Waals surface area contributed by atoms with E-state index in [1.165, 1.54) is 0 Å². The molecule has 1 saturated heterocycles. The van der Waals surface area contributed by atoms with Gasteiger partial charge in [-0.25, -0.2) is 4.98 Å². The fourth-order valence-electron chi connectivity index (χ4n) is 2.05. The van der Waals surface area contributed by atoms with Crippen LogP contribution in [0.15, 0.2) is 30.9 Å². The molecule has 6 heteroatoms. The molecule has 1 aliphatic rings. The Labute approximate surface area is 123 Å². The number of amides is 2. The van der Waals surface area contributed by atoms with Crippen molar-refractivity contribution in [3.63, 3.8) is 0 Å². The zero-order chi connectivity index (χ0) is 15.1. The maximum atomic E-state index is 12.0. The second-order valence-electron chi connectivity index (χ2n) is 4.75. The molecule has 2 amide bonds. The van der Waals surface area contributed by atoms with Crippen molar-refractivity contribution >= 4 is 11.8 Å². The summed E-state index contributed by atoms with van der Waals surface area (Å²) >= 11 is 0. The maximum Gasteiger partial charge on any atom is 0.270 e. The lowest BCUT2D eigenvalue weighted by atomic mass is 10.2. The number of ether oxygens (including phenoxy) is 1. The van der Waals surface area contributed by atoms with E-state index in [0.717, 1.165) is 19.4 Å². The lowest BCUT2D eigenvalue weighted by molar-refractivity contribution is 0.0853. The highest BCUT2D eigenvalue weighted by molar-refractivity contribution is 5.96. The molecule has 6 nitrogen and oxygen atoms in total. The van der Waals surface area contributed by atoms with Crippen LogP contribution in [0, 0.1) is 0 Å². The van der Waals surface area contributed by atoms with E-state index in [0.29, 0.717) is 13.1 Å². The fraction of sp³-hybridized carbons (Fsp3) is 0.400. The number of nitrogens with one attached hydrogen (secondary N) is 2. The molecule has 1 unspecified atom stereocenters. The maximum absolute atomic E-state index is 12.0. The van der Waals surface area contributed by atoms with Crippen LogP contribution in [0.1, 0.15) is 33.8 Å². The number of carbonyl (C=O) groups excluding carboxylic acids is 2. The lowest BCUT2D eigenvalue weighted by Crippen LogP contribution is -2.33. The molecule has 1 aliphatic heterocycles. The van der Waals surface area contributed by atoms with Crippen molar-refractivity contribution in [1.82, 2.24) is 15.6 Å². The zero-order valence-corrected chi connectivity index (χ0v) is 11.8. The summed E-state index contributed by atoms with van der Waals surface area (Å²) in [6, 6.07) is 4.78. The van der Waals surface area contributed by atoms with E-state index in [1.807, 2.05) is 0 Å². The minimum absolute atomic E-state index is 0.0769. The average molecular weight is 289 g/mol. The zero-order valence-electron chi connectivity index (χ0n) is 11.8. The topological polar surface area (TPSA) is 80.3 Å². The Bertz CT molecular complexity index is 525. The van der Waals surface area contributed by atoms with E-state index < -0.39 is 0 Å². The van der Waals surface area contributed by atoms with Gasteiger partial charge < -0.3 is 15.4 Å². The molecule has 0 radical (unpaired) electrons. The van der Waals surface area contributed by atoms with Crippen molar-refractivity contribution in [2.75, 3.05) is 19.7 Å². The van der Waals surface area contributed by atoms with Crippen LogP contribution in [-0.2, 0) is 4.74 Å². The third-order valence-electron chi connectivity index (χ3n) is 3.14. The van der Waals surface area contributed by atoms with Crippen LogP contribution in [0.2, 0.25) is 0 Å². The Morgan fingerprint density at radius 2 is 2.05 bits per heavy atom. The number of pyridine rings is 1. The second kappa shape index (κ2) is 7.54. The van der Waals surface area contributed by atoms with Crippen LogP contribution in [-0.4, -0.2) is 42.6 Å². The number of rotatable bonds is 6. The summed E-state index contributed by atoms with van der Waals surface area (Å²) in [5.74, 6) is -0.632. The largest absolute Gasteiger partial charge is 0.376 e. The molecule has 0 bridgehead atoms. The summed E-state index contributed by atoms with van der Waals surface area (Å²) in [4.78, 5) is 27.9. The Morgan fingerprint density at radius 1 is 1.33 bits per heavy atom. The van der Waals surface area contributed by atoms with E-state index >= 15 is 0 Å². The first-order chi connectivity index (χ1) is 10.2. The van der Waals surface area contributed by atoms with Gasteiger partial charge in [0.05, 0.1) is 6.10 Å². The fourth-order valence-corrected chi connectivity index (χ4v) is 2.05. The standard InChI is InChI=1S/C15H19N3O3/c1-2-8-16-14(19)12-6-3-7-13(18-12)15(20)17-10-11-5-4-9-21-11/h2-3,6-7,11H,1,4-5,8-10H2,(H,16,19)(H,17,20). The van der Waals surface area contributed by atoms with E-state index in [-0.39, 0.29) is 29.3 Å². The minimum atomic E-state index is -0.330. The van der Waals surface area contributed by atoms with Gasteiger partial charge in [0.25, 0.3) is 11.8 Å². The lowest BCUT2D eigenvalue weighted by Gasteiger charge is -2.10. The van der Waals surface area contributed by atoms with Crippen molar-refractivity contribution in [2.45, 2.75) is 18.9 Å². The third-order valence-corrected chi connectivity index (χ3v) is 3.14. The van der Waals surface area contributed by atoms with E-state index in [4.69, 9.17) is 4.74 Å². The Morgan fingerprint density at radius 3 is 2.67 bits per heavy atom. The quantitative estimate of drug-likeness (QED) is 0.763. The third kappa shape index (κ3) is 4.39. The van der Waals surface area contributed by atoms with Gasteiger partial charge in [-0.05, 0) is 25.0 Å². The number of hydrogen-bond donors (Lipinski definition) is 2. The van der Waals surface area contributed by atoms with Gasteiger partial charge in [0.1, 0.15) is 11.4 Å². The first-order valence-corrected chi connectivity index (χ1v) is 6.96. The number of hydrogen-bond acceptors (Lipinski definition) is 4. The molecular weight excluding hydrogens is 270 g/mol. The smallest absolute Gasteiger partial charge is 0.270 e. The predicted octanol–water partition coefficient (Wildman–Crippen LogP) is 0.906. The summed E-state index contributed by atoms with van der Waals surface area (Å²) in [6.45, 7) is 5.09. The van der Waals surface area contributed by atoms with Crippen LogP contribution in [0.25, 0.3) is 0 Å². The molecular formula is C15H19N3O3. The van der Waals surface area contributed by atoms with Crippen molar-refractivity contribution in [3.05, 3.63) is 42.2 Å². The van der Waals surface area contributed by atoms with Gasteiger partial charge >= 0.3 is 0 Å². The molecule has 0 spiro atoms. The van der Waals surface area contributed by atoms with Crippen LogP contribution in [0.5, 0.6) is 0 Å². The van der Waals surface area contributed by atoms with E-state index in [2.05, 4.69) is 22.2 Å². The normalized spacial score (nSPS) is 17.2. The molecule has 2 rings (SSSR count). The van der Waals surface area contributed by atoms with Gasteiger partial charge in [0.2, 0.25) is 0 Å². The van der Waals surface area contributed by atoms with Crippen molar-refractivity contribution < 1.29 is 14.3 Å². The van der Waals surface area contributed by atoms with Crippen LogP contribution in [0.3, 0.4) is 0 Å². The average Bonchev–Trinajstić information content (AvgIpc) is 3.03. The highest BCUT2D eigenvalue weighted by atomic mass is 16.5. The molecule has 1 aromatic heterocycles. The molecule has 0 aromatic carbocycles. The minimum Gasteiger partial charge on any atom is -0.376 e. The highest BCUT2D eigenvalue weighted by Gasteiger charge is 2.17. The Balaban J connectivity index is 1.93. The van der Waals surface area contributed by atoms with Gasteiger partial charge in [-0.2, -0.15) is 0 Å². The molecule has 2 N–H and O–H groups in total. The van der Waals surface area contributed by atoms with Gasteiger partial charge in [0.15, 0.2) is 0 Å². The first kappa shape index (κ1) is 15.2. The second-order valence-corrected chi connectivity index (χ2v) is 4.75. The van der Waals surface area contributed by atoms with E-state index in [1.54, 1.807) is 24.3 Å². The molecule has 21 heavy (non-hydrogen) atoms. The Hall–Kier alpha value is -2.21. The van der Waals surface area contributed by atoms with Crippen LogP contribution >= 0.6 is 0 Å². The van der Waals surface area contributed by atoms with Crippen molar-refractivity contribution in [2.24, 2.45) is 0 Å². The monoisotopic (exact) mass is 289 g/mol. The Kier molecular flexibility index (Phi) is 5.45. The molecule has 1 aromatic rings. The summed E-state index contributed by atoms with van der Waals surface area (Å²) in [5.41, 5.74) is 0.431. The summed E-state index contributed by atoms with van der Waals surface area (Å²) in [5, 5.41) is 5.40. The summed E-state index contributed by atoms with van der Waals surface area (Å²) in [6.07, 6.45) is 3.64. The molecule has 1 fully saturated rings. The molecule has 0 saturated carbocycles. The summed E-state index contributed by atoms with van der Waals surface area (Å²) in [7, 11) is 0. The van der Waals surface area contributed by atoms with Crippen LogP contribution in [0.4, 0.5) is 0 Å².